The van der Waals surface area contributed by atoms with E-state index in [4.69, 9.17) is 9.05 Å². The normalized spacial score (nSPS) is 10.5. The average Bonchev–Trinajstić information content (AvgIpc) is 2.52. The van der Waals surface area contributed by atoms with Gasteiger partial charge in [-0.2, -0.15) is 0 Å². The molecule has 0 radical (unpaired) electrons. The third kappa shape index (κ3) is 22.2. The molecule has 3 nitrogen and oxygen atoms in total. The summed E-state index contributed by atoms with van der Waals surface area (Å²) in [6, 6.07) is 0. The van der Waals surface area contributed by atoms with E-state index in [9.17, 15) is 4.57 Å². The van der Waals surface area contributed by atoms with Gasteiger partial charge in [-0.25, -0.2) is 0 Å². The van der Waals surface area contributed by atoms with E-state index < -0.39 is 8.25 Å². The molecule has 0 unspecified atom stereocenters. The lowest BCUT2D eigenvalue weighted by Gasteiger charge is -1.99. The van der Waals surface area contributed by atoms with Crippen LogP contribution in [0, 0.1) is 0 Å². The lowest BCUT2D eigenvalue weighted by molar-refractivity contribution is 0.218. The van der Waals surface area contributed by atoms with Crippen LogP contribution in [0.4, 0.5) is 0 Å². The molecule has 0 rings (SSSR count). The molecule has 140 valence electrons. The minimum Gasteiger partial charge on any atom is -0.119 e. The molecule has 0 aliphatic carbocycles. The van der Waals surface area contributed by atoms with Gasteiger partial charge in [0.2, 0.25) is 0 Å². The van der Waals surface area contributed by atoms with E-state index >= 15 is 0 Å². The van der Waals surface area contributed by atoms with Crippen LogP contribution in [0.15, 0.2) is 0 Å². The lowest BCUT2D eigenvalue weighted by Crippen LogP contribution is -1.92. The van der Waals surface area contributed by atoms with Crippen molar-refractivity contribution in [2.24, 2.45) is 0 Å². The van der Waals surface area contributed by atoms with Crippen molar-refractivity contribution in [3.8, 4) is 0 Å². The highest BCUT2D eigenvalue weighted by Gasteiger charge is 2.18. The molecule has 0 aromatic carbocycles. The summed E-state index contributed by atoms with van der Waals surface area (Å²) in [7, 11) is -1.89. The Bertz CT molecular complexity index is 218. The fourth-order valence-electron chi connectivity index (χ4n) is 2.43. The standard InChI is InChI=1S/C18H38O3P.H4Si/c1-3-5-7-9-11-13-15-17-20-22(19)21-18-16-14-12-10-8-6-4-2;/h3-18H2,1-2H3;1H4/q+1;. The summed E-state index contributed by atoms with van der Waals surface area (Å²) in [5.41, 5.74) is 0. The van der Waals surface area contributed by atoms with Crippen molar-refractivity contribution in [3.63, 3.8) is 0 Å². The maximum Gasteiger partial charge on any atom is 0.697 e. The van der Waals surface area contributed by atoms with Crippen LogP contribution in [0.2, 0.25) is 0 Å². The highest BCUT2D eigenvalue weighted by Crippen LogP contribution is 2.24. The first-order valence-corrected chi connectivity index (χ1v) is 10.6. The second-order valence-corrected chi connectivity index (χ2v) is 7.10. The van der Waals surface area contributed by atoms with Crippen LogP contribution in [-0.4, -0.2) is 24.2 Å². The molecule has 0 aromatic heterocycles. The van der Waals surface area contributed by atoms with Crippen molar-refractivity contribution in [2.45, 2.75) is 104 Å². The van der Waals surface area contributed by atoms with Crippen molar-refractivity contribution in [1.29, 1.82) is 0 Å². The summed E-state index contributed by atoms with van der Waals surface area (Å²) >= 11 is 0. The van der Waals surface area contributed by atoms with Crippen molar-refractivity contribution in [1.82, 2.24) is 0 Å². The van der Waals surface area contributed by atoms with E-state index in [1.165, 1.54) is 77.0 Å². The van der Waals surface area contributed by atoms with Crippen molar-refractivity contribution < 1.29 is 13.6 Å². The van der Waals surface area contributed by atoms with E-state index in [2.05, 4.69) is 13.8 Å². The topological polar surface area (TPSA) is 35.5 Å². The van der Waals surface area contributed by atoms with E-state index in [1.54, 1.807) is 0 Å². The minimum atomic E-state index is -1.89. The van der Waals surface area contributed by atoms with Crippen LogP contribution in [0.5, 0.6) is 0 Å². The molecule has 0 saturated carbocycles. The number of hydrogen-bond donors (Lipinski definition) is 0. The zero-order valence-corrected chi connectivity index (χ0v) is 15.9. The van der Waals surface area contributed by atoms with Crippen LogP contribution in [0.1, 0.15) is 104 Å². The molecule has 0 amide bonds. The monoisotopic (exact) mass is 365 g/mol. The predicted octanol–water partition coefficient (Wildman–Crippen LogP) is 5.73. The SMILES string of the molecule is CCCCCCCCCO[P+](=O)OCCCCCCCCC.[SiH4]. The second kappa shape index (κ2) is 22.2. The molecule has 0 saturated heterocycles. The maximum absolute atomic E-state index is 11.5. The van der Waals surface area contributed by atoms with Gasteiger partial charge in [0.05, 0.1) is 0 Å². The maximum atomic E-state index is 11.5. The zero-order valence-electron chi connectivity index (χ0n) is 15.0. The minimum absolute atomic E-state index is 0. The Hall–Kier alpha value is 0.237. The fraction of sp³-hybridized carbons (Fsp3) is 1.00. The molecule has 0 spiro atoms. The summed E-state index contributed by atoms with van der Waals surface area (Å²) in [5, 5.41) is 0. The van der Waals surface area contributed by atoms with Gasteiger partial charge >= 0.3 is 8.25 Å². The highest BCUT2D eigenvalue weighted by molar-refractivity contribution is 7.33. The third-order valence-electron chi connectivity index (χ3n) is 3.89. The molecular weight excluding hydrogens is 323 g/mol. The summed E-state index contributed by atoms with van der Waals surface area (Å²) in [5.74, 6) is 0. The van der Waals surface area contributed by atoms with Crippen molar-refractivity contribution in [2.75, 3.05) is 13.2 Å². The number of unbranched alkanes of at least 4 members (excludes halogenated alkanes) is 12. The molecule has 0 aliphatic rings. The molecule has 0 aromatic rings. The quantitative estimate of drug-likeness (QED) is 0.177. The highest BCUT2D eigenvalue weighted by atomic mass is 31.1. The Balaban J connectivity index is 0. The average molecular weight is 366 g/mol. The molecule has 0 N–H and O–H groups in total. The molecule has 0 aliphatic heterocycles. The molecule has 0 atom stereocenters. The third-order valence-corrected chi connectivity index (χ3v) is 4.68. The Kier molecular flexibility index (Phi) is 24.6. The Morgan fingerprint density at radius 2 is 0.870 bits per heavy atom. The molecule has 0 fully saturated rings. The van der Waals surface area contributed by atoms with Crippen molar-refractivity contribution in [3.05, 3.63) is 0 Å². The number of hydrogen-bond acceptors (Lipinski definition) is 3. The fourth-order valence-corrected chi connectivity index (χ4v) is 3.06. The first-order chi connectivity index (χ1) is 10.8. The summed E-state index contributed by atoms with van der Waals surface area (Å²) in [4.78, 5) is 0. The summed E-state index contributed by atoms with van der Waals surface area (Å²) in [6.45, 7) is 5.60. The van der Waals surface area contributed by atoms with Crippen LogP contribution in [0.3, 0.4) is 0 Å². The van der Waals surface area contributed by atoms with Gasteiger partial charge in [0.15, 0.2) is 0 Å². The van der Waals surface area contributed by atoms with Crippen LogP contribution >= 0.6 is 8.25 Å². The lowest BCUT2D eigenvalue weighted by atomic mass is 10.1. The van der Waals surface area contributed by atoms with Gasteiger partial charge in [0.1, 0.15) is 13.2 Å². The molecule has 23 heavy (non-hydrogen) atoms. The molecular formula is C18H42O3PSi+. The van der Waals surface area contributed by atoms with E-state index in [0.29, 0.717) is 13.2 Å². The Labute approximate surface area is 150 Å². The van der Waals surface area contributed by atoms with Crippen LogP contribution in [-0.2, 0) is 13.6 Å². The van der Waals surface area contributed by atoms with Crippen LogP contribution in [0.25, 0.3) is 0 Å². The molecule has 5 heteroatoms. The first kappa shape index (κ1) is 25.5. The van der Waals surface area contributed by atoms with Gasteiger partial charge < -0.3 is 0 Å². The van der Waals surface area contributed by atoms with E-state index in [-0.39, 0.29) is 11.0 Å². The van der Waals surface area contributed by atoms with Gasteiger partial charge in [-0.15, -0.1) is 9.05 Å². The zero-order chi connectivity index (χ0) is 16.3. The van der Waals surface area contributed by atoms with Gasteiger partial charge in [0, 0.05) is 4.57 Å². The summed E-state index contributed by atoms with van der Waals surface area (Å²) < 4.78 is 21.9. The van der Waals surface area contributed by atoms with Gasteiger partial charge in [-0.3, -0.25) is 0 Å². The first-order valence-electron chi connectivity index (χ1n) is 9.54. The second-order valence-electron chi connectivity index (χ2n) is 6.13. The van der Waals surface area contributed by atoms with Gasteiger partial charge in [-0.1, -0.05) is 90.9 Å². The van der Waals surface area contributed by atoms with Gasteiger partial charge in [-0.05, 0) is 23.8 Å². The Morgan fingerprint density at radius 3 is 1.22 bits per heavy atom. The summed E-state index contributed by atoms with van der Waals surface area (Å²) in [6.07, 6.45) is 17.4. The van der Waals surface area contributed by atoms with Crippen molar-refractivity contribution >= 4 is 19.2 Å². The van der Waals surface area contributed by atoms with E-state index in [1.807, 2.05) is 0 Å². The largest absolute Gasteiger partial charge is 0.697 e. The predicted molar refractivity (Wildman–Crippen MR) is 107 cm³/mol. The molecule has 0 heterocycles. The Morgan fingerprint density at radius 1 is 0.565 bits per heavy atom. The van der Waals surface area contributed by atoms with E-state index in [0.717, 1.165) is 12.8 Å². The molecule has 0 bridgehead atoms. The van der Waals surface area contributed by atoms with Crippen LogP contribution < -0.4 is 0 Å². The van der Waals surface area contributed by atoms with Gasteiger partial charge in [0.25, 0.3) is 0 Å². The smallest absolute Gasteiger partial charge is 0.119 e. The number of rotatable bonds is 18.